The summed E-state index contributed by atoms with van der Waals surface area (Å²) >= 11 is 0. The van der Waals surface area contributed by atoms with E-state index in [1.165, 1.54) is 24.4 Å². The summed E-state index contributed by atoms with van der Waals surface area (Å²) in [5.41, 5.74) is -0.0813. The van der Waals surface area contributed by atoms with Gasteiger partial charge in [-0.3, -0.25) is 9.69 Å². The zero-order valence-corrected chi connectivity index (χ0v) is 12.6. The fraction of sp³-hybridized carbons (Fsp3) is 0.133. The SMILES string of the molecule is CN1C(Oc2ccccc2)=NC(C(=O)Nc2cnoc2)=C(O)C1O. The lowest BCUT2D eigenvalue weighted by Gasteiger charge is -2.29. The Labute approximate surface area is 136 Å². The molecule has 3 rings (SSSR count). The van der Waals surface area contributed by atoms with Gasteiger partial charge in [-0.1, -0.05) is 23.4 Å². The number of carbonyl (C=O) groups is 1. The van der Waals surface area contributed by atoms with Crippen molar-refractivity contribution in [1.29, 1.82) is 0 Å². The lowest BCUT2D eigenvalue weighted by molar-refractivity contribution is -0.113. The molecule has 1 aliphatic heterocycles. The van der Waals surface area contributed by atoms with Gasteiger partial charge in [-0.15, -0.1) is 0 Å². The summed E-state index contributed by atoms with van der Waals surface area (Å²) in [6.45, 7) is 0. The molecular formula is C15H14N4O5. The van der Waals surface area contributed by atoms with Crippen molar-refractivity contribution in [2.24, 2.45) is 4.99 Å². The Bertz CT molecular complexity index is 785. The highest BCUT2D eigenvalue weighted by Crippen LogP contribution is 2.21. The van der Waals surface area contributed by atoms with E-state index >= 15 is 0 Å². The number of hydrogen-bond donors (Lipinski definition) is 3. The van der Waals surface area contributed by atoms with Crippen LogP contribution >= 0.6 is 0 Å². The van der Waals surface area contributed by atoms with Crippen molar-refractivity contribution in [3.8, 4) is 5.75 Å². The van der Waals surface area contributed by atoms with Gasteiger partial charge in [-0.25, -0.2) is 0 Å². The van der Waals surface area contributed by atoms with E-state index in [4.69, 9.17) is 4.74 Å². The van der Waals surface area contributed by atoms with Crippen LogP contribution in [0.5, 0.6) is 5.75 Å². The van der Waals surface area contributed by atoms with Gasteiger partial charge in [0, 0.05) is 7.05 Å². The predicted molar refractivity (Wildman–Crippen MR) is 83.1 cm³/mol. The van der Waals surface area contributed by atoms with Crippen LogP contribution in [0.4, 0.5) is 5.69 Å². The van der Waals surface area contributed by atoms with Crippen molar-refractivity contribution >= 4 is 17.6 Å². The molecule has 3 N–H and O–H groups in total. The third-order valence-corrected chi connectivity index (χ3v) is 3.22. The number of carbonyl (C=O) groups excluding carboxylic acids is 1. The van der Waals surface area contributed by atoms with Crippen molar-refractivity contribution < 1.29 is 24.3 Å². The first kappa shape index (κ1) is 15.6. The van der Waals surface area contributed by atoms with Crippen LogP contribution in [-0.4, -0.2) is 45.5 Å². The van der Waals surface area contributed by atoms with Gasteiger partial charge in [-0.2, -0.15) is 4.99 Å². The third-order valence-electron chi connectivity index (χ3n) is 3.22. The molecule has 1 amide bonds. The molecule has 1 atom stereocenters. The number of para-hydroxylation sites is 1. The van der Waals surface area contributed by atoms with Crippen LogP contribution in [0.25, 0.3) is 0 Å². The van der Waals surface area contributed by atoms with Crippen molar-refractivity contribution in [2.75, 3.05) is 12.4 Å². The molecule has 0 spiro atoms. The summed E-state index contributed by atoms with van der Waals surface area (Å²) in [6, 6.07) is 8.69. The average Bonchev–Trinajstić information content (AvgIpc) is 3.09. The van der Waals surface area contributed by atoms with E-state index in [0.29, 0.717) is 5.75 Å². The van der Waals surface area contributed by atoms with Crippen molar-refractivity contribution in [1.82, 2.24) is 10.1 Å². The van der Waals surface area contributed by atoms with Gasteiger partial charge < -0.3 is 24.8 Å². The third kappa shape index (κ3) is 3.06. The number of nitrogens with one attached hydrogen (secondary N) is 1. The van der Waals surface area contributed by atoms with Gasteiger partial charge in [-0.05, 0) is 12.1 Å². The summed E-state index contributed by atoms with van der Waals surface area (Å²) in [4.78, 5) is 17.4. The molecule has 0 saturated carbocycles. The summed E-state index contributed by atoms with van der Waals surface area (Å²) in [7, 11) is 1.47. The molecule has 2 heterocycles. The van der Waals surface area contributed by atoms with Crippen LogP contribution in [0.3, 0.4) is 0 Å². The number of aliphatic hydroxyl groups is 2. The molecule has 0 radical (unpaired) electrons. The number of likely N-dealkylation sites (N-methyl/N-ethyl adjacent to an activating group) is 1. The number of anilines is 1. The van der Waals surface area contributed by atoms with Crippen LogP contribution in [0.15, 0.2) is 63.8 Å². The molecule has 124 valence electrons. The molecule has 9 nitrogen and oxygen atoms in total. The van der Waals surface area contributed by atoms with Crippen LogP contribution < -0.4 is 10.1 Å². The number of hydrogen-bond acceptors (Lipinski definition) is 8. The second-order valence-electron chi connectivity index (χ2n) is 4.90. The number of rotatable bonds is 3. The minimum absolute atomic E-state index is 0.0398. The molecule has 0 bridgehead atoms. The van der Waals surface area contributed by atoms with Crippen LogP contribution in [-0.2, 0) is 4.79 Å². The number of benzene rings is 1. The van der Waals surface area contributed by atoms with E-state index in [2.05, 4.69) is 20.0 Å². The predicted octanol–water partition coefficient (Wildman–Crippen LogP) is 1.08. The number of ether oxygens (including phenoxy) is 1. The highest BCUT2D eigenvalue weighted by Gasteiger charge is 2.32. The standard InChI is InChI=1S/C15H14N4O5/c1-19-14(22)12(20)11(13(21)17-9-7-16-23-8-9)18-15(19)24-10-5-3-2-4-6-10/h2-8,14,20,22H,1H3,(H,17,21). The Kier molecular flexibility index (Phi) is 4.17. The molecule has 1 unspecified atom stereocenters. The van der Waals surface area contributed by atoms with Gasteiger partial charge in [0.05, 0.1) is 6.20 Å². The van der Waals surface area contributed by atoms with E-state index in [-0.39, 0.29) is 17.4 Å². The first-order valence-corrected chi connectivity index (χ1v) is 6.92. The lowest BCUT2D eigenvalue weighted by Crippen LogP contribution is -2.45. The van der Waals surface area contributed by atoms with Crippen LogP contribution in [0.1, 0.15) is 0 Å². The smallest absolute Gasteiger partial charge is 0.300 e. The van der Waals surface area contributed by atoms with Crippen molar-refractivity contribution in [3.63, 3.8) is 0 Å². The number of amides is 1. The van der Waals surface area contributed by atoms with Gasteiger partial charge in [0.25, 0.3) is 5.91 Å². The lowest BCUT2D eigenvalue weighted by atomic mass is 10.2. The molecule has 0 fully saturated rings. The number of nitrogens with zero attached hydrogens (tertiary/aromatic N) is 3. The van der Waals surface area contributed by atoms with Crippen LogP contribution in [0, 0.1) is 0 Å². The Balaban J connectivity index is 1.87. The molecular weight excluding hydrogens is 316 g/mol. The average molecular weight is 330 g/mol. The number of aromatic nitrogens is 1. The van der Waals surface area contributed by atoms with E-state index in [1.807, 2.05) is 6.07 Å². The van der Waals surface area contributed by atoms with Gasteiger partial charge in [0.2, 0.25) is 0 Å². The molecule has 1 aromatic heterocycles. The highest BCUT2D eigenvalue weighted by molar-refractivity contribution is 6.05. The Morgan fingerprint density at radius 3 is 2.79 bits per heavy atom. The second kappa shape index (κ2) is 6.42. The van der Waals surface area contributed by atoms with Gasteiger partial charge in [0.15, 0.2) is 17.7 Å². The maximum Gasteiger partial charge on any atom is 0.300 e. The fourth-order valence-electron chi connectivity index (χ4n) is 1.95. The Morgan fingerprint density at radius 1 is 1.38 bits per heavy atom. The monoisotopic (exact) mass is 330 g/mol. The maximum absolute atomic E-state index is 12.2. The summed E-state index contributed by atoms with van der Waals surface area (Å²) in [6.07, 6.45) is 1.03. The first-order valence-electron chi connectivity index (χ1n) is 6.92. The molecule has 0 aliphatic carbocycles. The minimum Gasteiger partial charge on any atom is -0.506 e. The Morgan fingerprint density at radius 2 is 2.12 bits per heavy atom. The zero-order chi connectivity index (χ0) is 17.1. The summed E-state index contributed by atoms with van der Waals surface area (Å²) < 4.78 is 10.2. The maximum atomic E-state index is 12.2. The fourth-order valence-corrected chi connectivity index (χ4v) is 1.95. The normalized spacial score (nSPS) is 17.5. The molecule has 1 aliphatic rings. The molecule has 2 aromatic rings. The number of aliphatic imine (C=N–C) groups is 1. The summed E-state index contributed by atoms with van der Waals surface area (Å²) in [5.74, 6) is -0.862. The highest BCUT2D eigenvalue weighted by atomic mass is 16.5. The number of amidine groups is 1. The van der Waals surface area contributed by atoms with Crippen molar-refractivity contribution in [2.45, 2.75) is 6.23 Å². The largest absolute Gasteiger partial charge is 0.506 e. The van der Waals surface area contributed by atoms with E-state index in [0.717, 1.165) is 0 Å². The van der Waals surface area contributed by atoms with E-state index in [1.54, 1.807) is 24.3 Å². The van der Waals surface area contributed by atoms with Crippen molar-refractivity contribution in [3.05, 3.63) is 54.2 Å². The Hall–Kier alpha value is -3.33. The van der Waals surface area contributed by atoms with E-state index < -0.39 is 17.9 Å². The van der Waals surface area contributed by atoms with E-state index in [9.17, 15) is 15.0 Å². The second-order valence-corrected chi connectivity index (χ2v) is 4.90. The van der Waals surface area contributed by atoms with Gasteiger partial charge >= 0.3 is 6.02 Å². The first-order chi connectivity index (χ1) is 11.6. The minimum atomic E-state index is -1.47. The molecule has 1 aromatic carbocycles. The quantitative estimate of drug-likeness (QED) is 0.770. The number of aliphatic hydroxyl groups excluding tert-OH is 2. The zero-order valence-electron chi connectivity index (χ0n) is 12.6. The molecule has 9 heteroatoms. The molecule has 0 saturated heterocycles. The van der Waals surface area contributed by atoms with Gasteiger partial charge in [0.1, 0.15) is 17.7 Å². The van der Waals surface area contributed by atoms with Crippen LogP contribution in [0.2, 0.25) is 0 Å². The summed E-state index contributed by atoms with van der Waals surface area (Å²) in [5, 5.41) is 26.0. The molecule has 24 heavy (non-hydrogen) atoms. The topological polar surface area (TPSA) is 120 Å².